The van der Waals surface area contributed by atoms with Crippen molar-refractivity contribution in [2.75, 3.05) is 0 Å². The van der Waals surface area contributed by atoms with Crippen LogP contribution in [0.15, 0.2) is 0 Å². The molecule has 0 fully saturated rings. The van der Waals surface area contributed by atoms with Gasteiger partial charge >= 0.3 is 0 Å². The molecule has 22 valence electrons. The Morgan fingerprint density at radius 1 is 2.50 bits per heavy atom. The van der Waals surface area contributed by atoms with Crippen LogP contribution < -0.4 is 0 Å². The van der Waals surface area contributed by atoms with E-state index in [9.17, 15) is 4.79 Å². The zero-order chi connectivity index (χ0) is 4.12. The smallest absolute Gasteiger partial charge is 0.112 e. The number of carbonyl (C=O) groups is 1. The van der Waals surface area contributed by atoms with Crippen molar-refractivity contribution >= 4 is 14.1 Å². The van der Waals surface area contributed by atoms with Gasteiger partial charge in [-0.25, -0.2) is 0 Å². The standard InChI is InChI=1S/C2H5BO/c3-1-2-4/h2H,1,3H2/i3D. The Balaban J connectivity index is 2.40. The Morgan fingerprint density at radius 3 is 3.25 bits per heavy atom. The molecule has 4 heavy (non-hydrogen) atoms. The second-order valence-corrected chi connectivity index (χ2v) is 0.455. The number of carbonyl (C=O) groups excluding carboxylic acids is 1. The zero-order valence-corrected chi connectivity index (χ0v) is 2.40. The third-order valence-electron chi connectivity index (χ3n) is 0.118. The number of aldehydes is 1. The SMILES string of the molecule is [2H]BCC=O. The molecular weight excluding hydrogens is 50.8 g/mol. The second-order valence-electron chi connectivity index (χ2n) is 0.455. The van der Waals surface area contributed by atoms with Crippen molar-refractivity contribution < 1.29 is 4.79 Å². The van der Waals surface area contributed by atoms with Gasteiger partial charge in [-0.2, -0.15) is 0 Å². The molecule has 0 rings (SSSR count). The second kappa shape index (κ2) is 2.73. The lowest BCUT2D eigenvalue weighted by Gasteiger charge is -1.49. The van der Waals surface area contributed by atoms with E-state index in [1.807, 2.05) is 0 Å². The van der Waals surface area contributed by atoms with Gasteiger partial charge in [0, 0.05) is 0 Å². The third-order valence-corrected chi connectivity index (χ3v) is 0.118. The van der Waals surface area contributed by atoms with Crippen molar-refractivity contribution in [1.29, 1.82) is 1.34 Å². The fourth-order valence-electron chi connectivity index (χ4n) is 0. The molecule has 0 heterocycles. The molecule has 1 nitrogen and oxygen atoms in total. The van der Waals surface area contributed by atoms with Crippen LogP contribution in [-0.4, -0.2) is 15.4 Å². The Morgan fingerprint density at radius 2 is 3.25 bits per heavy atom. The van der Waals surface area contributed by atoms with Crippen LogP contribution in [0.5, 0.6) is 0 Å². The summed E-state index contributed by atoms with van der Waals surface area (Å²) in [5.41, 5.74) is 0. The zero-order valence-electron chi connectivity index (χ0n) is 3.40. The van der Waals surface area contributed by atoms with Crippen LogP contribution in [0.1, 0.15) is 0 Å². The van der Waals surface area contributed by atoms with Crippen LogP contribution in [0.25, 0.3) is 0 Å². The summed E-state index contributed by atoms with van der Waals surface area (Å²) >= 11 is 0. The van der Waals surface area contributed by atoms with E-state index in [2.05, 4.69) is 0 Å². The van der Waals surface area contributed by atoms with Gasteiger partial charge in [0.05, 0.1) is 0 Å². The molecule has 0 aliphatic carbocycles. The quantitative estimate of drug-likeness (QED) is 0.300. The number of hydrogen-bond acceptors (Lipinski definition) is 1. The van der Waals surface area contributed by atoms with Gasteiger partial charge in [0.15, 0.2) is 0 Å². The lowest BCUT2D eigenvalue weighted by atomic mass is 10.1. The Kier molecular flexibility index (Phi) is 1.37. The van der Waals surface area contributed by atoms with Gasteiger partial charge < -0.3 is 4.79 Å². The van der Waals surface area contributed by atoms with Crippen LogP contribution in [0.2, 0.25) is 6.32 Å². The summed E-state index contributed by atoms with van der Waals surface area (Å²) in [5.74, 6) is 0. The molecule has 0 aliphatic rings. The topological polar surface area (TPSA) is 17.1 Å². The molecule has 0 amide bonds. The molecule has 0 spiro atoms. The Bertz CT molecular complexity index is 30.8. The molecule has 0 N–H and O–H groups in total. The van der Waals surface area contributed by atoms with Crippen LogP contribution >= 0.6 is 0 Å². The Labute approximate surface area is 27.8 Å². The van der Waals surface area contributed by atoms with Crippen molar-refractivity contribution in [2.24, 2.45) is 0 Å². The maximum Gasteiger partial charge on any atom is 0.112 e. The monoisotopic (exact) mass is 57.0 g/mol. The predicted molar refractivity (Wildman–Crippen MR) is 19.4 cm³/mol. The first-order valence-electron chi connectivity index (χ1n) is 1.85. The summed E-state index contributed by atoms with van der Waals surface area (Å²) < 4.78 is 6.37. The van der Waals surface area contributed by atoms with Crippen LogP contribution in [0, 0.1) is 0 Å². The molecule has 0 atom stereocenters. The molecule has 0 saturated carbocycles. The van der Waals surface area contributed by atoms with E-state index in [4.69, 9.17) is 1.34 Å². The van der Waals surface area contributed by atoms with Gasteiger partial charge in [-0.3, -0.25) is 0 Å². The highest BCUT2D eigenvalue weighted by atomic mass is 16.1. The van der Waals surface area contributed by atoms with Crippen molar-refractivity contribution in [3.63, 3.8) is 0 Å². The summed E-state index contributed by atoms with van der Waals surface area (Å²) in [6, 6.07) is 0. The highest BCUT2D eigenvalue weighted by Crippen LogP contribution is 1.46. The molecule has 0 saturated heterocycles. The first-order chi connectivity index (χ1) is 2.41. The van der Waals surface area contributed by atoms with Gasteiger partial charge in [-0.1, -0.05) is 0 Å². The van der Waals surface area contributed by atoms with Crippen molar-refractivity contribution in [3.8, 4) is 0 Å². The van der Waals surface area contributed by atoms with E-state index in [1.54, 1.807) is 0 Å². The maximum absolute atomic E-state index is 9.28. The Hall–Kier alpha value is -0.265. The summed E-state index contributed by atoms with van der Waals surface area (Å²) in [4.78, 5) is 9.28. The number of rotatable bonds is 2. The lowest BCUT2D eigenvalue weighted by molar-refractivity contribution is -0.106. The summed E-state index contributed by atoms with van der Waals surface area (Å²) in [6.45, 7) is 0. The van der Waals surface area contributed by atoms with E-state index in [-0.39, 0.29) is 7.81 Å². The normalized spacial score (nSPS) is 8.50. The highest BCUT2D eigenvalue weighted by Gasteiger charge is 1.54. The molecule has 0 aliphatic heterocycles. The van der Waals surface area contributed by atoms with Crippen LogP contribution in [0.3, 0.4) is 0 Å². The highest BCUT2D eigenvalue weighted by molar-refractivity contribution is 6.15. The van der Waals surface area contributed by atoms with Crippen molar-refractivity contribution in [1.82, 2.24) is 0 Å². The molecule has 0 radical (unpaired) electrons. The third kappa shape index (κ3) is 1.73. The molecule has 0 unspecified atom stereocenters. The van der Waals surface area contributed by atoms with Crippen LogP contribution in [0.4, 0.5) is 0 Å². The van der Waals surface area contributed by atoms with Crippen molar-refractivity contribution in [2.45, 2.75) is 6.32 Å². The van der Waals surface area contributed by atoms with Gasteiger partial charge in [-0.05, 0) is 7.66 Å². The van der Waals surface area contributed by atoms with E-state index < -0.39 is 0 Å². The summed E-state index contributed by atoms with van der Waals surface area (Å²) in [6.07, 6.45) is 1.12. The average Bonchev–Trinajstić information content (AvgIpc) is 1.41. The minimum atomic E-state index is 0.226. The van der Waals surface area contributed by atoms with Gasteiger partial charge in [0.2, 0.25) is 0 Å². The summed E-state index contributed by atoms with van der Waals surface area (Å²) in [7, 11) is 0.226. The van der Waals surface area contributed by atoms with E-state index >= 15 is 0 Å². The maximum atomic E-state index is 9.28. The van der Waals surface area contributed by atoms with Gasteiger partial charge in [0.25, 0.3) is 0 Å². The molecule has 0 aromatic carbocycles. The van der Waals surface area contributed by atoms with E-state index in [1.165, 1.54) is 0 Å². The fraction of sp³-hybridized carbons (Fsp3) is 0.500. The van der Waals surface area contributed by atoms with Crippen molar-refractivity contribution in [3.05, 3.63) is 0 Å². The molecule has 0 aromatic rings. The molecule has 0 bridgehead atoms. The summed E-state index contributed by atoms with van der Waals surface area (Å²) in [5, 5.41) is 0. The van der Waals surface area contributed by atoms with E-state index in [0.717, 1.165) is 6.29 Å². The largest absolute Gasteiger partial charge is 0.304 e. The lowest BCUT2D eigenvalue weighted by Crippen LogP contribution is -1.61. The van der Waals surface area contributed by atoms with E-state index in [0.29, 0.717) is 6.32 Å². The average molecular weight is 56.9 g/mol. The molecule has 0 aromatic heterocycles. The van der Waals surface area contributed by atoms with Gasteiger partial charge in [-0.15, -0.1) is 0 Å². The molecular formula is C2H5BO. The minimum absolute atomic E-state index is 0.226. The van der Waals surface area contributed by atoms with Gasteiger partial charge in [0.1, 0.15) is 14.1 Å². The fourth-order valence-corrected chi connectivity index (χ4v) is 0. The minimum Gasteiger partial charge on any atom is -0.304 e. The first kappa shape index (κ1) is 2.00. The van der Waals surface area contributed by atoms with Crippen LogP contribution in [-0.2, 0) is 4.79 Å². The number of hydrogen-bond donors (Lipinski definition) is 0. The predicted octanol–water partition coefficient (Wildman–Crippen LogP) is -0.763. The first-order valence-corrected chi connectivity index (χ1v) is 1.14. The molecule has 2 heteroatoms.